The smallest absolute Gasteiger partial charge is 0.352 e. The Morgan fingerprint density at radius 1 is 0.649 bits per heavy atom. The predicted molar refractivity (Wildman–Crippen MR) is 236 cm³/mol. The molecule has 9 aromatic rings. The van der Waals surface area contributed by atoms with E-state index in [1.807, 2.05) is 12.3 Å². The molecule has 8 heteroatoms. The maximum Gasteiger partial charge on any atom is 0.352 e. The van der Waals surface area contributed by atoms with Crippen molar-refractivity contribution < 1.29 is 4.74 Å². The fourth-order valence-corrected chi connectivity index (χ4v) is 9.01. The third kappa shape index (κ3) is 5.10. The van der Waals surface area contributed by atoms with Crippen molar-refractivity contribution in [3.8, 4) is 17.3 Å². The minimum Gasteiger partial charge on any atom is -0.457 e. The van der Waals surface area contributed by atoms with Gasteiger partial charge in [0.05, 0.1) is 22.1 Å². The molecule has 0 saturated heterocycles. The van der Waals surface area contributed by atoms with Crippen LogP contribution < -0.4 is 15.8 Å². The monoisotopic (exact) mass is 738 g/mol. The third-order valence-electron chi connectivity index (χ3n) is 11.7. The number of amidine groups is 1. The van der Waals surface area contributed by atoms with Crippen molar-refractivity contribution in [1.82, 2.24) is 23.7 Å². The molecule has 7 nitrogen and oxygen atoms in total. The van der Waals surface area contributed by atoms with Crippen LogP contribution in [0.3, 0.4) is 0 Å². The SMILES string of the molecule is Cc1cccc(C)c1B1c2c(nc3c4cc(Oc5ccc6c7ccccc7n(-c7cc(C(C)(C)C)ccn7)c6c5)ccc4c4ccccc4n23)N=C2C=CC=CN12. The number of aryl methyl sites for hydroxylation is 2. The molecular weight excluding hydrogens is 699 g/mol. The minimum absolute atomic E-state index is 0.0110. The number of hydrogen-bond donors (Lipinski definition) is 0. The van der Waals surface area contributed by atoms with E-state index < -0.39 is 0 Å². The van der Waals surface area contributed by atoms with Crippen LogP contribution in [0.1, 0.15) is 37.5 Å². The number of benzene rings is 5. The van der Waals surface area contributed by atoms with Crippen molar-refractivity contribution in [2.24, 2.45) is 4.99 Å². The molecule has 0 aliphatic carbocycles. The van der Waals surface area contributed by atoms with Gasteiger partial charge in [0.2, 0.25) is 0 Å². The highest BCUT2D eigenvalue weighted by Crippen LogP contribution is 2.38. The summed E-state index contributed by atoms with van der Waals surface area (Å²) in [6.45, 7) is 11.0. The van der Waals surface area contributed by atoms with Crippen LogP contribution in [0.4, 0.5) is 5.82 Å². The largest absolute Gasteiger partial charge is 0.457 e. The molecule has 2 aliphatic heterocycles. The molecule has 4 aromatic heterocycles. The Morgan fingerprint density at radius 3 is 2.14 bits per heavy atom. The molecule has 274 valence electrons. The zero-order valence-corrected chi connectivity index (χ0v) is 32.5. The van der Waals surface area contributed by atoms with Crippen LogP contribution in [0, 0.1) is 13.8 Å². The first-order valence-corrected chi connectivity index (χ1v) is 19.6. The molecule has 0 unspecified atom stereocenters. The molecule has 0 N–H and O–H groups in total. The lowest BCUT2D eigenvalue weighted by Gasteiger charge is -2.34. The van der Waals surface area contributed by atoms with E-state index in [-0.39, 0.29) is 12.3 Å². The maximum absolute atomic E-state index is 6.80. The van der Waals surface area contributed by atoms with Crippen molar-refractivity contribution in [2.45, 2.75) is 40.0 Å². The van der Waals surface area contributed by atoms with Crippen molar-refractivity contribution >= 4 is 78.7 Å². The summed E-state index contributed by atoms with van der Waals surface area (Å²) in [5.41, 5.74) is 10.1. The Hall–Kier alpha value is -6.93. The van der Waals surface area contributed by atoms with Crippen molar-refractivity contribution in [3.05, 3.63) is 163 Å². The van der Waals surface area contributed by atoms with Crippen LogP contribution in [0.15, 0.2) is 151 Å². The zero-order valence-electron chi connectivity index (χ0n) is 32.5. The summed E-state index contributed by atoms with van der Waals surface area (Å²) >= 11 is 0. The number of rotatable bonds is 4. The lowest BCUT2D eigenvalue weighted by molar-refractivity contribution is 0.484. The molecular formula is C49H39BN6O. The molecule has 0 spiro atoms. The van der Waals surface area contributed by atoms with Gasteiger partial charge in [-0.25, -0.2) is 15.0 Å². The van der Waals surface area contributed by atoms with Crippen LogP contribution in [-0.4, -0.2) is 36.4 Å². The lowest BCUT2D eigenvalue weighted by Crippen LogP contribution is -2.61. The van der Waals surface area contributed by atoms with Crippen molar-refractivity contribution in [1.29, 1.82) is 0 Å². The van der Waals surface area contributed by atoms with E-state index in [0.717, 1.165) is 78.3 Å². The van der Waals surface area contributed by atoms with Crippen molar-refractivity contribution in [2.75, 3.05) is 0 Å². The zero-order chi connectivity index (χ0) is 38.6. The van der Waals surface area contributed by atoms with E-state index in [2.05, 4.69) is 182 Å². The van der Waals surface area contributed by atoms with Gasteiger partial charge in [0.1, 0.15) is 28.8 Å². The van der Waals surface area contributed by atoms with E-state index in [1.54, 1.807) is 0 Å². The number of aliphatic imine (C=N–C) groups is 1. The number of imidazole rings is 1. The third-order valence-corrected chi connectivity index (χ3v) is 11.7. The molecule has 0 atom stereocenters. The van der Waals surface area contributed by atoms with Crippen LogP contribution in [0.25, 0.3) is 54.9 Å². The Morgan fingerprint density at radius 2 is 1.35 bits per heavy atom. The fraction of sp³-hybridized carbons (Fsp3) is 0.122. The topological polar surface area (TPSA) is 59.9 Å². The summed E-state index contributed by atoms with van der Waals surface area (Å²) in [6, 6.07) is 40.7. The molecule has 0 saturated carbocycles. The number of ether oxygens (including phenoxy) is 1. The van der Waals surface area contributed by atoms with Gasteiger partial charge in [0.25, 0.3) is 0 Å². The lowest BCUT2D eigenvalue weighted by atomic mass is 9.48. The quantitative estimate of drug-likeness (QED) is 0.133. The predicted octanol–water partition coefficient (Wildman–Crippen LogP) is 10.4. The van der Waals surface area contributed by atoms with Crippen molar-refractivity contribution in [3.63, 3.8) is 0 Å². The van der Waals surface area contributed by atoms with Crippen LogP contribution in [0.2, 0.25) is 0 Å². The van der Waals surface area contributed by atoms with E-state index in [9.17, 15) is 0 Å². The summed E-state index contributed by atoms with van der Waals surface area (Å²) in [7, 11) is 0. The molecule has 2 aliphatic rings. The van der Waals surface area contributed by atoms with Gasteiger partial charge < -0.3 is 9.55 Å². The maximum atomic E-state index is 6.80. The molecule has 0 bridgehead atoms. The highest BCUT2D eigenvalue weighted by atomic mass is 16.5. The first-order valence-electron chi connectivity index (χ1n) is 19.6. The molecule has 6 heterocycles. The average Bonchev–Trinajstić information content (AvgIpc) is 3.76. The Balaban J connectivity index is 1.10. The molecule has 5 aromatic carbocycles. The summed E-state index contributed by atoms with van der Waals surface area (Å²) in [4.78, 5) is 17.7. The van der Waals surface area contributed by atoms with Gasteiger partial charge in [-0.05, 0) is 109 Å². The highest BCUT2D eigenvalue weighted by molar-refractivity contribution is 6.86. The van der Waals surface area contributed by atoms with Gasteiger partial charge in [-0.2, -0.15) is 0 Å². The fourth-order valence-electron chi connectivity index (χ4n) is 9.01. The second kappa shape index (κ2) is 12.3. The van der Waals surface area contributed by atoms with Crippen LogP contribution in [-0.2, 0) is 5.41 Å². The van der Waals surface area contributed by atoms with Gasteiger partial charge in [-0.15, -0.1) is 0 Å². The van der Waals surface area contributed by atoms with Crippen LogP contribution >= 0.6 is 0 Å². The number of allylic oxidation sites excluding steroid dienone is 2. The van der Waals surface area contributed by atoms with Gasteiger partial charge in [-0.3, -0.25) is 8.97 Å². The van der Waals surface area contributed by atoms with E-state index >= 15 is 0 Å². The van der Waals surface area contributed by atoms with E-state index in [0.29, 0.717) is 0 Å². The summed E-state index contributed by atoms with van der Waals surface area (Å²) < 4.78 is 11.4. The summed E-state index contributed by atoms with van der Waals surface area (Å²) in [5, 5.41) is 5.59. The number of fused-ring (bicyclic) bond motifs is 12. The van der Waals surface area contributed by atoms with Gasteiger partial charge in [0.15, 0.2) is 5.82 Å². The number of pyridine rings is 2. The first kappa shape index (κ1) is 33.4. The Bertz CT molecular complexity index is 3230. The first-order chi connectivity index (χ1) is 27.7. The van der Waals surface area contributed by atoms with Gasteiger partial charge in [0, 0.05) is 33.8 Å². The molecule has 57 heavy (non-hydrogen) atoms. The number of nitrogens with zero attached hydrogens (tertiary/aromatic N) is 6. The second-order valence-electron chi connectivity index (χ2n) is 16.3. The second-order valence-corrected chi connectivity index (χ2v) is 16.3. The molecule has 0 radical (unpaired) electrons. The molecule has 0 amide bonds. The summed E-state index contributed by atoms with van der Waals surface area (Å²) in [6.07, 6.45) is 10.3. The van der Waals surface area contributed by atoms with Gasteiger partial charge >= 0.3 is 6.85 Å². The Labute approximate surface area is 331 Å². The minimum atomic E-state index is -0.123. The highest BCUT2D eigenvalue weighted by Gasteiger charge is 2.40. The average molecular weight is 739 g/mol. The Kier molecular flexibility index (Phi) is 7.20. The number of para-hydroxylation sites is 2. The number of aromatic nitrogens is 4. The normalized spacial score (nSPS) is 13.9. The standard InChI is InChI=1S/C49H39BN6O/c1-30-13-12-14-31(2)45(30)50-46-47(52-43-19-10-11-26-54(43)50)53-48-39-28-33(20-22-35(39)36-15-6-9-18-41(36)56(46)48)57-34-21-23-38-37-16-7-8-17-40(37)55(42(38)29-34)44-27-32(24-25-51-44)49(3,4)5/h6-29H,1-5H3. The molecule has 11 rings (SSSR count). The number of hydrogen-bond acceptors (Lipinski definition) is 5. The molecule has 0 fully saturated rings. The summed E-state index contributed by atoms with van der Waals surface area (Å²) in [5.74, 6) is 3.98. The van der Waals surface area contributed by atoms with E-state index in [1.165, 1.54) is 27.5 Å². The van der Waals surface area contributed by atoms with E-state index in [4.69, 9.17) is 19.7 Å². The van der Waals surface area contributed by atoms with Crippen LogP contribution in [0.5, 0.6) is 11.5 Å². The van der Waals surface area contributed by atoms with Gasteiger partial charge in [-0.1, -0.05) is 92.6 Å².